The topological polar surface area (TPSA) is 80.3 Å². The van der Waals surface area contributed by atoms with Crippen LogP contribution in [0.4, 0.5) is 0 Å². The molecule has 6 nitrogen and oxygen atoms in total. The molecule has 1 atom stereocenters. The van der Waals surface area contributed by atoms with E-state index in [0.29, 0.717) is 24.2 Å². The highest BCUT2D eigenvalue weighted by Gasteiger charge is 2.17. The highest BCUT2D eigenvalue weighted by atomic mass is 16.5. The Labute approximate surface area is 154 Å². The third kappa shape index (κ3) is 5.39. The second kappa shape index (κ2) is 9.48. The summed E-state index contributed by atoms with van der Waals surface area (Å²) in [4.78, 5) is 28.6. The molecule has 0 spiro atoms. The second-order valence-electron chi connectivity index (χ2n) is 6.92. The van der Waals surface area contributed by atoms with Crippen LogP contribution in [0.15, 0.2) is 30.1 Å². The van der Waals surface area contributed by atoms with Crippen LogP contribution >= 0.6 is 0 Å². The Hall–Kier alpha value is -2.21. The molecule has 0 aromatic carbocycles. The number of amides is 2. The number of nitrogens with one attached hydrogen (secondary N) is 2. The third-order valence-electron chi connectivity index (χ3n) is 4.89. The van der Waals surface area contributed by atoms with Crippen molar-refractivity contribution in [1.29, 1.82) is 0 Å². The van der Waals surface area contributed by atoms with Crippen molar-refractivity contribution in [3.05, 3.63) is 41.2 Å². The molecule has 1 aromatic heterocycles. The molecule has 1 aliphatic heterocycles. The minimum Gasteiger partial charge on any atom is -0.376 e. The van der Waals surface area contributed by atoms with Crippen molar-refractivity contribution in [2.75, 3.05) is 19.7 Å². The van der Waals surface area contributed by atoms with Crippen LogP contribution in [0.5, 0.6) is 0 Å². The van der Waals surface area contributed by atoms with Crippen LogP contribution in [0.2, 0.25) is 0 Å². The minimum atomic E-state index is -0.227. The van der Waals surface area contributed by atoms with E-state index >= 15 is 0 Å². The molecule has 1 fully saturated rings. The molecule has 0 radical (unpaired) electrons. The quantitative estimate of drug-likeness (QED) is 0.735. The van der Waals surface area contributed by atoms with Gasteiger partial charge in [-0.25, -0.2) is 0 Å². The van der Waals surface area contributed by atoms with Gasteiger partial charge < -0.3 is 15.4 Å². The summed E-state index contributed by atoms with van der Waals surface area (Å²) in [5.41, 5.74) is 2.23. The van der Waals surface area contributed by atoms with E-state index < -0.39 is 0 Å². The number of nitrogens with zero attached hydrogens (tertiary/aromatic N) is 1. The van der Waals surface area contributed by atoms with Crippen molar-refractivity contribution in [2.24, 2.45) is 0 Å². The van der Waals surface area contributed by atoms with Crippen LogP contribution in [0, 0.1) is 0 Å². The first kappa shape index (κ1) is 18.6. The molecule has 1 aromatic rings. The van der Waals surface area contributed by atoms with E-state index in [9.17, 15) is 9.59 Å². The Bertz CT molecular complexity index is 666. The van der Waals surface area contributed by atoms with E-state index in [4.69, 9.17) is 4.74 Å². The van der Waals surface area contributed by atoms with Crippen LogP contribution in [0.3, 0.4) is 0 Å². The van der Waals surface area contributed by atoms with Gasteiger partial charge in [-0.1, -0.05) is 11.6 Å². The van der Waals surface area contributed by atoms with Crippen LogP contribution in [0.25, 0.3) is 0 Å². The fourth-order valence-corrected chi connectivity index (χ4v) is 3.37. The zero-order valence-electron chi connectivity index (χ0n) is 15.1. The zero-order valence-corrected chi connectivity index (χ0v) is 15.1. The highest BCUT2D eigenvalue weighted by Crippen LogP contribution is 2.19. The monoisotopic (exact) mass is 357 g/mol. The highest BCUT2D eigenvalue weighted by molar-refractivity contribution is 5.99. The Morgan fingerprint density at radius 1 is 1.12 bits per heavy atom. The summed E-state index contributed by atoms with van der Waals surface area (Å²) in [7, 11) is 0. The van der Waals surface area contributed by atoms with Crippen LogP contribution in [-0.4, -0.2) is 42.6 Å². The molecule has 0 saturated carbocycles. The number of aromatic nitrogens is 1. The number of carbonyl (C=O) groups excluding carboxylic acids is 2. The predicted molar refractivity (Wildman–Crippen MR) is 99.0 cm³/mol. The van der Waals surface area contributed by atoms with Gasteiger partial charge in [-0.3, -0.25) is 14.6 Å². The van der Waals surface area contributed by atoms with Gasteiger partial charge in [0.05, 0.1) is 17.2 Å². The number of ether oxygens (including phenoxy) is 1. The molecule has 1 saturated heterocycles. The molecule has 2 amide bonds. The second-order valence-corrected chi connectivity index (χ2v) is 6.92. The summed E-state index contributed by atoms with van der Waals surface area (Å²) >= 11 is 0. The van der Waals surface area contributed by atoms with Gasteiger partial charge in [0.15, 0.2) is 0 Å². The standard InChI is InChI=1S/C20H27N3O3/c24-19(22-9-8-15-5-2-1-3-6-15)16-11-17(13-21-12-16)20(25)23-14-18-7-4-10-26-18/h5,11-13,18H,1-4,6-10,14H2,(H,22,24)(H,23,25). The average Bonchev–Trinajstić information content (AvgIpc) is 3.20. The molecule has 2 N–H and O–H groups in total. The van der Waals surface area contributed by atoms with E-state index in [0.717, 1.165) is 38.7 Å². The number of rotatable bonds is 7. The third-order valence-corrected chi connectivity index (χ3v) is 4.89. The fourth-order valence-electron chi connectivity index (χ4n) is 3.37. The molecular formula is C20H27N3O3. The number of carbonyl (C=O) groups is 2. The van der Waals surface area contributed by atoms with Crippen LogP contribution in [-0.2, 0) is 4.74 Å². The minimum absolute atomic E-state index is 0.0903. The Balaban J connectivity index is 1.48. The lowest BCUT2D eigenvalue weighted by Gasteiger charge is -2.13. The molecular weight excluding hydrogens is 330 g/mol. The van der Waals surface area contributed by atoms with Crippen molar-refractivity contribution >= 4 is 11.8 Å². The molecule has 2 aliphatic rings. The average molecular weight is 357 g/mol. The van der Waals surface area contributed by atoms with E-state index in [1.807, 2.05) is 0 Å². The van der Waals surface area contributed by atoms with E-state index in [-0.39, 0.29) is 17.9 Å². The number of allylic oxidation sites excluding steroid dienone is 1. The number of pyridine rings is 1. The van der Waals surface area contributed by atoms with E-state index in [1.54, 1.807) is 6.07 Å². The van der Waals surface area contributed by atoms with Crippen LogP contribution < -0.4 is 10.6 Å². The summed E-state index contributed by atoms with van der Waals surface area (Å²) in [5, 5.41) is 5.77. The Morgan fingerprint density at radius 3 is 2.62 bits per heavy atom. The summed E-state index contributed by atoms with van der Waals surface area (Å²) in [6.07, 6.45) is 13.0. The summed E-state index contributed by atoms with van der Waals surface area (Å²) in [6.45, 7) is 1.86. The smallest absolute Gasteiger partial charge is 0.252 e. The first-order chi connectivity index (χ1) is 12.7. The summed E-state index contributed by atoms with van der Waals surface area (Å²) in [5.74, 6) is -0.419. The fraction of sp³-hybridized carbons (Fsp3) is 0.550. The van der Waals surface area contributed by atoms with E-state index in [1.165, 1.54) is 30.8 Å². The zero-order chi connectivity index (χ0) is 18.2. The van der Waals surface area contributed by atoms with Crippen molar-refractivity contribution in [1.82, 2.24) is 15.6 Å². The van der Waals surface area contributed by atoms with Crippen molar-refractivity contribution < 1.29 is 14.3 Å². The summed E-state index contributed by atoms with van der Waals surface area (Å²) in [6, 6.07) is 1.59. The van der Waals surface area contributed by atoms with Crippen molar-refractivity contribution in [3.63, 3.8) is 0 Å². The van der Waals surface area contributed by atoms with Gasteiger partial charge in [0, 0.05) is 32.1 Å². The van der Waals surface area contributed by atoms with Gasteiger partial charge in [0.1, 0.15) is 0 Å². The predicted octanol–water partition coefficient (Wildman–Crippen LogP) is 2.61. The van der Waals surface area contributed by atoms with Crippen LogP contribution in [0.1, 0.15) is 65.7 Å². The lowest BCUT2D eigenvalue weighted by molar-refractivity contribution is 0.0857. The maximum atomic E-state index is 12.3. The maximum Gasteiger partial charge on any atom is 0.252 e. The molecule has 1 unspecified atom stereocenters. The Kier molecular flexibility index (Phi) is 6.77. The molecule has 140 valence electrons. The number of hydrogen-bond donors (Lipinski definition) is 2. The normalized spacial score (nSPS) is 19.7. The Morgan fingerprint density at radius 2 is 1.92 bits per heavy atom. The van der Waals surface area contributed by atoms with Crippen molar-refractivity contribution in [2.45, 2.75) is 51.0 Å². The molecule has 26 heavy (non-hydrogen) atoms. The van der Waals surface area contributed by atoms with Gasteiger partial charge in [0.2, 0.25) is 0 Å². The molecule has 2 heterocycles. The first-order valence-electron chi connectivity index (χ1n) is 9.53. The lowest BCUT2D eigenvalue weighted by Crippen LogP contribution is -2.32. The molecule has 6 heteroatoms. The molecule has 1 aliphatic carbocycles. The number of hydrogen-bond acceptors (Lipinski definition) is 4. The molecule has 0 bridgehead atoms. The van der Waals surface area contributed by atoms with Gasteiger partial charge in [0.25, 0.3) is 11.8 Å². The van der Waals surface area contributed by atoms with Gasteiger partial charge >= 0.3 is 0 Å². The largest absolute Gasteiger partial charge is 0.376 e. The van der Waals surface area contributed by atoms with Gasteiger partial charge in [-0.2, -0.15) is 0 Å². The van der Waals surface area contributed by atoms with Crippen molar-refractivity contribution in [3.8, 4) is 0 Å². The maximum absolute atomic E-state index is 12.3. The van der Waals surface area contributed by atoms with E-state index in [2.05, 4.69) is 21.7 Å². The first-order valence-corrected chi connectivity index (χ1v) is 9.53. The lowest BCUT2D eigenvalue weighted by atomic mass is 9.97. The van der Waals surface area contributed by atoms with Gasteiger partial charge in [-0.15, -0.1) is 0 Å². The SMILES string of the molecule is O=C(NCCC1=CCCCC1)c1cncc(C(=O)NCC2CCCO2)c1. The van der Waals surface area contributed by atoms with Gasteiger partial charge in [-0.05, 0) is 51.0 Å². The summed E-state index contributed by atoms with van der Waals surface area (Å²) < 4.78 is 5.50. The molecule has 3 rings (SSSR count).